The lowest BCUT2D eigenvalue weighted by atomic mass is 9.90. The van der Waals surface area contributed by atoms with Crippen LogP contribution < -0.4 is 9.47 Å². The molecule has 6 heteroatoms. The fraction of sp³-hybridized carbons (Fsp3) is 0.120. The van der Waals surface area contributed by atoms with Crippen LogP contribution >= 0.6 is 15.9 Å². The van der Waals surface area contributed by atoms with Crippen molar-refractivity contribution in [2.45, 2.75) is 13.1 Å². The Hall–Kier alpha value is -3.38. The van der Waals surface area contributed by atoms with Gasteiger partial charge in [0, 0.05) is 35.5 Å². The number of carbonyl (C=O) groups excluding carboxylic acids is 1. The molecule has 2 aliphatic heterocycles. The van der Waals surface area contributed by atoms with Crippen molar-refractivity contribution in [2.75, 3.05) is 6.79 Å². The fourth-order valence-electron chi connectivity index (χ4n) is 4.40. The molecule has 0 N–H and O–H groups in total. The number of halogens is 1. The Morgan fingerprint density at radius 1 is 0.968 bits per heavy atom. The molecular formula is C25H17BrN2O3. The van der Waals surface area contributed by atoms with E-state index in [1.54, 1.807) is 12.4 Å². The summed E-state index contributed by atoms with van der Waals surface area (Å²) in [6.45, 7) is 1.33. The van der Waals surface area contributed by atoms with Gasteiger partial charge in [0.15, 0.2) is 11.5 Å². The molecule has 2 aliphatic rings. The van der Waals surface area contributed by atoms with Crippen LogP contribution in [0.3, 0.4) is 0 Å². The first kappa shape index (κ1) is 18.4. The number of benzene rings is 3. The van der Waals surface area contributed by atoms with Gasteiger partial charge in [-0.25, -0.2) is 0 Å². The van der Waals surface area contributed by atoms with Gasteiger partial charge in [-0.15, -0.1) is 0 Å². The van der Waals surface area contributed by atoms with Crippen LogP contribution in [0, 0.1) is 0 Å². The van der Waals surface area contributed by atoms with E-state index >= 15 is 0 Å². The van der Waals surface area contributed by atoms with E-state index in [0.29, 0.717) is 18.8 Å². The zero-order valence-corrected chi connectivity index (χ0v) is 18.1. The molecule has 0 bridgehead atoms. The van der Waals surface area contributed by atoms with Gasteiger partial charge in [0.05, 0.1) is 0 Å². The Morgan fingerprint density at radius 3 is 2.48 bits per heavy atom. The number of pyridine rings is 1. The molecule has 0 spiro atoms. The van der Waals surface area contributed by atoms with E-state index in [1.165, 1.54) is 0 Å². The summed E-state index contributed by atoms with van der Waals surface area (Å²) >= 11 is 3.52. The highest BCUT2D eigenvalue weighted by molar-refractivity contribution is 9.10. The molecule has 0 atom stereocenters. The normalized spacial score (nSPS) is 14.4. The molecule has 31 heavy (non-hydrogen) atoms. The number of aromatic nitrogens is 1. The maximum absolute atomic E-state index is 13.4. The highest BCUT2D eigenvalue weighted by Crippen LogP contribution is 2.44. The van der Waals surface area contributed by atoms with E-state index in [0.717, 1.165) is 48.8 Å². The Balaban J connectivity index is 1.54. The van der Waals surface area contributed by atoms with Crippen molar-refractivity contribution >= 4 is 32.6 Å². The molecule has 1 aromatic heterocycles. The number of amides is 1. The van der Waals surface area contributed by atoms with E-state index in [2.05, 4.69) is 33.0 Å². The zero-order valence-electron chi connectivity index (χ0n) is 16.5. The predicted octanol–water partition coefficient (Wildman–Crippen LogP) is 5.55. The summed E-state index contributed by atoms with van der Waals surface area (Å²) < 4.78 is 12.2. The quantitative estimate of drug-likeness (QED) is 0.392. The van der Waals surface area contributed by atoms with Gasteiger partial charge in [-0.05, 0) is 75.5 Å². The minimum atomic E-state index is 0.0461. The lowest BCUT2D eigenvalue weighted by Crippen LogP contribution is -2.23. The van der Waals surface area contributed by atoms with Gasteiger partial charge in [0.25, 0.3) is 5.91 Å². The van der Waals surface area contributed by atoms with Gasteiger partial charge in [-0.3, -0.25) is 9.78 Å². The first-order valence-corrected chi connectivity index (χ1v) is 10.8. The van der Waals surface area contributed by atoms with E-state index in [9.17, 15) is 4.79 Å². The smallest absolute Gasteiger partial charge is 0.254 e. The lowest BCUT2D eigenvalue weighted by Gasteiger charge is -2.16. The summed E-state index contributed by atoms with van der Waals surface area (Å²) in [7, 11) is 0. The number of hydrogen-bond donors (Lipinski definition) is 0. The van der Waals surface area contributed by atoms with Crippen LogP contribution in [-0.4, -0.2) is 22.6 Å². The molecule has 4 aromatic rings. The maximum Gasteiger partial charge on any atom is 0.254 e. The first-order valence-electron chi connectivity index (χ1n) is 10.0. The molecule has 0 radical (unpaired) electrons. The van der Waals surface area contributed by atoms with Gasteiger partial charge >= 0.3 is 0 Å². The average molecular weight is 473 g/mol. The second-order valence-corrected chi connectivity index (χ2v) is 8.64. The summed E-state index contributed by atoms with van der Waals surface area (Å²) in [5.74, 6) is 1.50. The van der Waals surface area contributed by atoms with Crippen LogP contribution in [0.2, 0.25) is 0 Å². The Kier molecular flexibility index (Phi) is 4.21. The SMILES string of the molecule is O=C1c2cc3cc4c(cc3c(-c3ccc(Br)cc3)c2CN1Cc1ccncc1)OCO4. The minimum absolute atomic E-state index is 0.0461. The second kappa shape index (κ2) is 7.10. The zero-order chi connectivity index (χ0) is 20.9. The third-order valence-corrected chi connectivity index (χ3v) is 6.39. The lowest BCUT2D eigenvalue weighted by molar-refractivity contribution is 0.0767. The standard InChI is InChI=1S/C25H17BrN2O3/c26-18-3-1-16(2-4-18)24-19-11-23-22(30-14-31-23)10-17(19)9-20-21(24)13-28(25(20)29)12-15-5-7-27-8-6-15/h1-11H,12-14H2. The van der Waals surface area contributed by atoms with E-state index in [-0.39, 0.29) is 12.7 Å². The molecule has 6 rings (SSSR count). The van der Waals surface area contributed by atoms with Crippen molar-refractivity contribution in [3.05, 3.63) is 88.2 Å². The predicted molar refractivity (Wildman–Crippen MR) is 121 cm³/mol. The molecule has 0 saturated heterocycles. The third-order valence-electron chi connectivity index (χ3n) is 5.86. The summed E-state index contributed by atoms with van der Waals surface area (Å²) in [4.78, 5) is 19.3. The van der Waals surface area contributed by atoms with Crippen molar-refractivity contribution in [3.8, 4) is 22.6 Å². The van der Waals surface area contributed by atoms with Gasteiger partial charge in [-0.2, -0.15) is 0 Å². The Bertz CT molecular complexity index is 1340. The van der Waals surface area contributed by atoms with Crippen LogP contribution in [0.4, 0.5) is 0 Å². The number of hydrogen-bond acceptors (Lipinski definition) is 4. The van der Waals surface area contributed by atoms with E-state index in [4.69, 9.17) is 9.47 Å². The molecule has 3 aromatic carbocycles. The van der Waals surface area contributed by atoms with E-state index in [1.807, 2.05) is 47.4 Å². The molecule has 0 fully saturated rings. The number of nitrogens with zero attached hydrogens (tertiary/aromatic N) is 2. The number of fused-ring (bicyclic) bond motifs is 3. The number of rotatable bonds is 3. The summed E-state index contributed by atoms with van der Waals surface area (Å²) in [6.07, 6.45) is 3.51. The van der Waals surface area contributed by atoms with Gasteiger partial charge in [-0.1, -0.05) is 28.1 Å². The molecule has 0 saturated carbocycles. The van der Waals surface area contributed by atoms with Crippen molar-refractivity contribution in [1.29, 1.82) is 0 Å². The first-order chi connectivity index (χ1) is 15.2. The molecule has 5 nitrogen and oxygen atoms in total. The highest BCUT2D eigenvalue weighted by Gasteiger charge is 2.32. The molecule has 3 heterocycles. The van der Waals surface area contributed by atoms with Crippen LogP contribution in [-0.2, 0) is 13.1 Å². The van der Waals surface area contributed by atoms with Crippen molar-refractivity contribution < 1.29 is 14.3 Å². The largest absolute Gasteiger partial charge is 0.454 e. The molecule has 1 amide bonds. The fourth-order valence-corrected chi connectivity index (χ4v) is 4.67. The Morgan fingerprint density at radius 2 is 1.71 bits per heavy atom. The highest BCUT2D eigenvalue weighted by atomic mass is 79.9. The summed E-state index contributed by atoms with van der Waals surface area (Å²) in [5, 5.41) is 2.03. The van der Waals surface area contributed by atoms with Crippen molar-refractivity contribution in [3.63, 3.8) is 0 Å². The molecule has 0 unspecified atom stereocenters. The molecule has 152 valence electrons. The number of ether oxygens (including phenoxy) is 2. The monoisotopic (exact) mass is 472 g/mol. The molecule has 0 aliphatic carbocycles. The van der Waals surface area contributed by atoms with Crippen LogP contribution in [0.5, 0.6) is 11.5 Å². The van der Waals surface area contributed by atoms with Crippen LogP contribution in [0.1, 0.15) is 21.5 Å². The minimum Gasteiger partial charge on any atom is -0.454 e. The van der Waals surface area contributed by atoms with Gasteiger partial charge in [0.2, 0.25) is 6.79 Å². The van der Waals surface area contributed by atoms with E-state index < -0.39 is 0 Å². The van der Waals surface area contributed by atoms with Crippen LogP contribution in [0.15, 0.2) is 71.5 Å². The number of carbonyl (C=O) groups is 1. The Labute approximate surface area is 187 Å². The average Bonchev–Trinajstić information content (AvgIpc) is 3.36. The third kappa shape index (κ3) is 3.06. The second-order valence-electron chi connectivity index (χ2n) is 7.73. The summed E-state index contributed by atoms with van der Waals surface area (Å²) in [5.41, 5.74) is 5.00. The summed E-state index contributed by atoms with van der Waals surface area (Å²) in [6, 6.07) is 18.1. The van der Waals surface area contributed by atoms with Gasteiger partial charge in [0.1, 0.15) is 0 Å². The van der Waals surface area contributed by atoms with Gasteiger partial charge < -0.3 is 14.4 Å². The maximum atomic E-state index is 13.4. The molecular weight excluding hydrogens is 456 g/mol. The van der Waals surface area contributed by atoms with Crippen molar-refractivity contribution in [2.24, 2.45) is 0 Å². The topological polar surface area (TPSA) is 51.7 Å². The van der Waals surface area contributed by atoms with Crippen molar-refractivity contribution in [1.82, 2.24) is 9.88 Å². The van der Waals surface area contributed by atoms with Crippen LogP contribution in [0.25, 0.3) is 21.9 Å².